The molecule has 1 rings (SSSR count). The van der Waals surface area contributed by atoms with Gasteiger partial charge in [0.15, 0.2) is 0 Å². The lowest BCUT2D eigenvalue weighted by atomic mass is 10.2. The van der Waals surface area contributed by atoms with E-state index in [1.165, 1.54) is 43.8 Å². The highest BCUT2D eigenvalue weighted by Gasteiger charge is 2.28. The Labute approximate surface area is 70.4 Å². The number of rotatable bonds is 2. The van der Waals surface area contributed by atoms with Gasteiger partial charge in [0.1, 0.15) is 6.67 Å². The summed E-state index contributed by atoms with van der Waals surface area (Å²) in [6, 6.07) is 0. The highest BCUT2D eigenvalue weighted by Crippen LogP contribution is 2.13. The average molecular weight is 157 g/mol. The zero-order chi connectivity index (χ0) is 8.32. The maximum absolute atomic E-state index is 2.45. The third-order valence-electron chi connectivity index (χ3n) is 3.06. The van der Waals surface area contributed by atoms with Crippen molar-refractivity contribution in [3.05, 3.63) is 0 Å². The summed E-state index contributed by atoms with van der Waals surface area (Å²) >= 11 is 0. The van der Waals surface area contributed by atoms with Crippen molar-refractivity contribution in [1.82, 2.24) is 4.90 Å². The van der Waals surface area contributed by atoms with Crippen LogP contribution in [0.2, 0.25) is 0 Å². The van der Waals surface area contributed by atoms with Crippen molar-refractivity contribution in [1.29, 1.82) is 0 Å². The first-order valence-electron chi connectivity index (χ1n) is 4.76. The van der Waals surface area contributed by atoms with Gasteiger partial charge < -0.3 is 4.48 Å². The first kappa shape index (κ1) is 9.01. The van der Waals surface area contributed by atoms with Gasteiger partial charge in [-0.05, 0) is 20.9 Å². The van der Waals surface area contributed by atoms with Crippen molar-refractivity contribution in [3.63, 3.8) is 0 Å². The van der Waals surface area contributed by atoms with Crippen molar-refractivity contribution >= 4 is 0 Å². The predicted octanol–water partition coefficient (Wildman–Crippen LogP) is 1.14. The first-order chi connectivity index (χ1) is 5.22. The van der Waals surface area contributed by atoms with Gasteiger partial charge >= 0.3 is 0 Å². The summed E-state index contributed by atoms with van der Waals surface area (Å²) in [5.41, 5.74) is 0. The normalized spacial score (nSPS) is 25.4. The molecule has 0 radical (unpaired) electrons. The van der Waals surface area contributed by atoms with Crippen LogP contribution in [0.15, 0.2) is 0 Å². The molecule has 0 aliphatic carbocycles. The summed E-state index contributed by atoms with van der Waals surface area (Å²) in [6.07, 6.45) is 1.37. The molecule has 0 aromatic rings. The van der Waals surface area contributed by atoms with Gasteiger partial charge in [-0.2, -0.15) is 0 Å². The van der Waals surface area contributed by atoms with Crippen LogP contribution in [-0.2, 0) is 0 Å². The number of hydrogen-bond acceptors (Lipinski definition) is 1. The summed E-state index contributed by atoms with van der Waals surface area (Å²) < 4.78 is 1.30. The fraction of sp³-hybridized carbons (Fsp3) is 1.00. The SMILES string of the molecule is CC[N+]1(CC)CCCN(C)C1. The molecule has 0 aromatic heterocycles. The quantitative estimate of drug-likeness (QED) is 0.543. The van der Waals surface area contributed by atoms with Gasteiger partial charge in [-0.15, -0.1) is 0 Å². The molecule has 0 unspecified atom stereocenters. The lowest BCUT2D eigenvalue weighted by molar-refractivity contribution is -0.939. The van der Waals surface area contributed by atoms with Crippen molar-refractivity contribution in [3.8, 4) is 0 Å². The Hall–Kier alpha value is -0.0800. The van der Waals surface area contributed by atoms with E-state index >= 15 is 0 Å². The lowest BCUT2D eigenvalue weighted by Crippen LogP contribution is -2.57. The van der Waals surface area contributed by atoms with Crippen molar-refractivity contribution < 1.29 is 4.48 Å². The van der Waals surface area contributed by atoms with E-state index in [1.54, 1.807) is 0 Å². The molecule has 11 heavy (non-hydrogen) atoms. The van der Waals surface area contributed by atoms with Crippen molar-refractivity contribution in [2.45, 2.75) is 20.3 Å². The van der Waals surface area contributed by atoms with Crippen LogP contribution >= 0.6 is 0 Å². The Morgan fingerprint density at radius 3 is 2.27 bits per heavy atom. The highest BCUT2D eigenvalue weighted by molar-refractivity contribution is 4.54. The molecule has 0 amide bonds. The Morgan fingerprint density at radius 1 is 1.27 bits per heavy atom. The molecule has 1 heterocycles. The molecule has 2 heteroatoms. The molecule has 0 saturated carbocycles. The zero-order valence-electron chi connectivity index (χ0n) is 8.14. The molecule has 66 valence electrons. The fourth-order valence-corrected chi connectivity index (χ4v) is 2.07. The minimum atomic E-state index is 1.26. The molecule has 1 aliphatic rings. The summed E-state index contributed by atoms with van der Waals surface area (Å²) in [6.45, 7) is 11.1. The van der Waals surface area contributed by atoms with Crippen LogP contribution in [0.5, 0.6) is 0 Å². The van der Waals surface area contributed by atoms with E-state index in [1.807, 2.05) is 0 Å². The molecular weight excluding hydrogens is 136 g/mol. The second-order valence-electron chi connectivity index (χ2n) is 3.77. The van der Waals surface area contributed by atoms with Crippen LogP contribution in [0, 0.1) is 0 Å². The molecular formula is C9H21N2+. The fourth-order valence-electron chi connectivity index (χ4n) is 2.07. The molecule has 1 aliphatic heterocycles. The highest BCUT2D eigenvalue weighted by atomic mass is 15.5. The summed E-state index contributed by atoms with van der Waals surface area (Å²) in [4.78, 5) is 2.45. The van der Waals surface area contributed by atoms with Gasteiger partial charge in [-0.1, -0.05) is 0 Å². The molecule has 0 atom stereocenters. The van der Waals surface area contributed by atoms with Crippen LogP contribution in [-0.4, -0.2) is 49.3 Å². The number of nitrogens with zero attached hydrogens (tertiary/aromatic N) is 2. The van der Waals surface area contributed by atoms with Gasteiger partial charge in [0, 0.05) is 13.0 Å². The van der Waals surface area contributed by atoms with Gasteiger partial charge in [0.25, 0.3) is 0 Å². The third-order valence-corrected chi connectivity index (χ3v) is 3.06. The summed E-state index contributed by atoms with van der Waals surface area (Å²) in [5, 5.41) is 0. The van der Waals surface area contributed by atoms with Crippen LogP contribution in [0.1, 0.15) is 20.3 Å². The second-order valence-corrected chi connectivity index (χ2v) is 3.77. The van der Waals surface area contributed by atoms with Crippen LogP contribution in [0.4, 0.5) is 0 Å². The van der Waals surface area contributed by atoms with E-state index in [0.29, 0.717) is 0 Å². The Kier molecular flexibility index (Phi) is 2.90. The minimum Gasteiger partial charge on any atom is -0.312 e. The predicted molar refractivity (Wildman–Crippen MR) is 48.3 cm³/mol. The van der Waals surface area contributed by atoms with Gasteiger partial charge in [0.2, 0.25) is 0 Å². The average Bonchev–Trinajstić information content (AvgIpc) is 2.04. The lowest BCUT2D eigenvalue weighted by Gasteiger charge is -2.43. The van der Waals surface area contributed by atoms with Gasteiger partial charge in [0.05, 0.1) is 19.6 Å². The summed E-state index contributed by atoms with van der Waals surface area (Å²) in [5.74, 6) is 0. The maximum atomic E-state index is 2.45. The molecule has 0 N–H and O–H groups in total. The van der Waals surface area contributed by atoms with Crippen LogP contribution in [0.3, 0.4) is 0 Å². The van der Waals surface area contributed by atoms with E-state index in [2.05, 4.69) is 25.8 Å². The molecule has 0 spiro atoms. The Balaban J connectivity index is 2.52. The monoisotopic (exact) mass is 157 g/mol. The molecule has 1 fully saturated rings. The second kappa shape index (κ2) is 3.55. The van der Waals surface area contributed by atoms with Crippen molar-refractivity contribution in [2.75, 3.05) is 39.9 Å². The van der Waals surface area contributed by atoms with E-state index in [-0.39, 0.29) is 0 Å². The largest absolute Gasteiger partial charge is 0.312 e. The van der Waals surface area contributed by atoms with Crippen LogP contribution in [0.25, 0.3) is 0 Å². The van der Waals surface area contributed by atoms with Gasteiger partial charge in [-0.3, -0.25) is 4.90 Å². The molecule has 2 nitrogen and oxygen atoms in total. The number of hydrogen-bond donors (Lipinski definition) is 0. The van der Waals surface area contributed by atoms with E-state index in [9.17, 15) is 0 Å². The molecule has 1 saturated heterocycles. The third kappa shape index (κ3) is 1.94. The Morgan fingerprint density at radius 2 is 1.91 bits per heavy atom. The Bertz CT molecular complexity index is 119. The van der Waals surface area contributed by atoms with Crippen LogP contribution < -0.4 is 0 Å². The zero-order valence-corrected chi connectivity index (χ0v) is 8.14. The van der Waals surface area contributed by atoms with Crippen molar-refractivity contribution in [2.24, 2.45) is 0 Å². The molecule has 0 aromatic carbocycles. The van der Waals surface area contributed by atoms with E-state index < -0.39 is 0 Å². The smallest absolute Gasteiger partial charge is 0.134 e. The first-order valence-corrected chi connectivity index (χ1v) is 4.76. The molecule has 0 bridgehead atoms. The standard InChI is InChI=1S/C9H21N2/c1-4-11(5-2)8-6-7-10(3)9-11/h4-9H2,1-3H3/q+1. The maximum Gasteiger partial charge on any atom is 0.134 e. The topological polar surface area (TPSA) is 3.24 Å². The number of quaternary nitrogens is 1. The minimum absolute atomic E-state index is 1.26. The van der Waals surface area contributed by atoms with Gasteiger partial charge in [-0.25, -0.2) is 0 Å². The summed E-state index contributed by atoms with van der Waals surface area (Å²) in [7, 11) is 2.23. The van der Waals surface area contributed by atoms with E-state index in [0.717, 1.165) is 0 Å². The van der Waals surface area contributed by atoms with E-state index in [4.69, 9.17) is 0 Å².